The second-order valence-electron chi connectivity index (χ2n) is 5.90. The summed E-state index contributed by atoms with van der Waals surface area (Å²) in [5.74, 6) is 6.32. The zero-order chi connectivity index (χ0) is 16.6. The first-order valence-corrected chi connectivity index (χ1v) is 8.68. The minimum atomic E-state index is -0.696. The Kier molecular flexibility index (Phi) is 3.48. The predicted molar refractivity (Wildman–Crippen MR) is 98.1 cm³/mol. The van der Waals surface area contributed by atoms with E-state index in [1.54, 1.807) is 11.3 Å². The predicted octanol–water partition coefficient (Wildman–Crippen LogP) is 4.24. The molecule has 2 aromatic rings. The lowest BCUT2D eigenvalue weighted by atomic mass is 9.92. The monoisotopic (exact) mass is 329 g/mol. The van der Waals surface area contributed by atoms with Gasteiger partial charge >= 0.3 is 0 Å². The summed E-state index contributed by atoms with van der Waals surface area (Å²) in [6.45, 7) is 1.94. The van der Waals surface area contributed by atoms with Gasteiger partial charge in [0.2, 0.25) is 5.78 Å². The van der Waals surface area contributed by atoms with Gasteiger partial charge in [-0.05, 0) is 30.0 Å². The number of nitrogens with zero attached hydrogens (tertiary/aromatic N) is 1. The second kappa shape index (κ2) is 5.67. The molecule has 0 saturated carbocycles. The van der Waals surface area contributed by atoms with Crippen LogP contribution in [-0.2, 0) is 4.79 Å². The summed E-state index contributed by atoms with van der Waals surface area (Å²) in [7, 11) is 0. The van der Waals surface area contributed by atoms with Gasteiger partial charge in [0.1, 0.15) is 5.54 Å². The van der Waals surface area contributed by atoms with E-state index in [0.29, 0.717) is 5.57 Å². The number of hydrogen-bond acceptors (Lipinski definition) is 3. The number of ketones is 1. The molecule has 4 rings (SSSR count). The molecule has 1 aromatic carbocycles. The Morgan fingerprint density at radius 3 is 2.67 bits per heavy atom. The number of thiophene rings is 1. The fraction of sp³-hybridized carbons (Fsp3) is 0.0952. The van der Waals surface area contributed by atoms with Crippen LogP contribution in [0, 0.1) is 11.8 Å². The van der Waals surface area contributed by atoms with Gasteiger partial charge in [-0.25, -0.2) is 0 Å². The Morgan fingerprint density at radius 1 is 1.08 bits per heavy atom. The Bertz CT molecular complexity index is 939. The summed E-state index contributed by atoms with van der Waals surface area (Å²) in [6.07, 6.45) is 7.77. The van der Waals surface area contributed by atoms with Gasteiger partial charge in [-0.3, -0.25) is 4.79 Å². The summed E-state index contributed by atoms with van der Waals surface area (Å²) in [6, 6.07) is 11.9. The third-order valence-corrected chi connectivity index (χ3v) is 5.02. The molecule has 2 aliphatic heterocycles. The zero-order valence-electron chi connectivity index (χ0n) is 13.2. The highest BCUT2D eigenvalue weighted by atomic mass is 32.1. The molecule has 0 saturated heterocycles. The van der Waals surface area contributed by atoms with Gasteiger partial charge in [0.15, 0.2) is 0 Å². The summed E-state index contributed by atoms with van der Waals surface area (Å²) in [5.41, 5.74) is 2.70. The number of allylic oxidation sites excluding steroid dienone is 2. The first kappa shape index (κ1) is 14.7. The van der Waals surface area contributed by atoms with Gasteiger partial charge in [-0.1, -0.05) is 54.3 Å². The van der Waals surface area contributed by atoms with Crippen molar-refractivity contribution in [3.05, 3.63) is 88.3 Å². The molecule has 0 fully saturated rings. The van der Waals surface area contributed by atoms with Crippen molar-refractivity contribution < 1.29 is 4.79 Å². The smallest absolute Gasteiger partial charge is 0.202 e. The molecule has 24 heavy (non-hydrogen) atoms. The molecule has 3 heteroatoms. The maximum Gasteiger partial charge on any atom is 0.202 e. The highest BCUT2D eigenvalue weighted by molar-refractivity contribution is 7.08. The van der Waals surface area contributed by atoms with E-state index in [1.807, 2.05) is 83.4 Å². The van der Waals surface area contributed by atoms with Crippen LogP contribution in [0.2, 0.25) is 0 Å². The molecule has 1 aromatic heterocycles. The van der Waals surface area contributed by atoms with Gasteiger partial charge in [0.05, 0.1) is 11.3 Å². The van der Waals surface area contributed by atoms with Crippen LogP contribution in [-0.4, -0.2) is 16.2 Å². The van der Waals surface area contributed by atoms with Gasteiger partial charge in [-0.2, -0.15) is 11.3 Å². The van der Waals surface area contributed by atoms with E-state index in [9.17, 15) is 4.79 Å². The minimum Gasteiger partial charge on any atom is -0.329 e. The molecule has 2 aliphatic rings. The number of fused-ring (bicyclic) bond motifs is 1. The number of benzene rings is 1. The number of rotatable bonds is 1. The molecular weight excluding hydrogens is 314 g/mol. The molecule has 0 aliphatic carbocycles. The van der Waals surface area contributed by atoms with Gasteiger partial charge in [0.25, 0.3) is 0 Å². The lowest BCUT2D eigenvalue weighted by molar-refractivity contribution is -0.119. The molecule has 0 bridgehead atoms. The third kappa shape index (κ3) is 2.24. The van der Waals surface area contributed by atoms with Crippen molar-refractivity contribution >= 4 is 22.8 Å². The fourth-order valence-corrected chi connectivity index (χ4v) is 3.64. The largest absolute Gasteiger partial charge is 0.329 e. The summed E-state index contributed by atoms with van der Waals surface area (Å²) < 4.78 is 0. The van der Waals surface area contributed by atoms with Crippen molar-refractivity contribution in [2.24, 2.45) is 0 Å². The lowest BCUT2D eigenvalue weighted by Crippen LogP contribution is -2.43. The lowest BCUT2D eigenvalue weighted by Gasteiger charge is -2.34. The van der Waals surface area contributed by atoms with Crippen molar-refractivity contribution in [3.63, 3.8) is 0 Å². The summed E-state index contributed by atoms with van der Waals surface area (Å²) in [4.78, 5) is 15.2. The van der Waals surface area contributed by atoms with E-state index in [4.69, 9.17) is 0 Å². The van der Waals surface area contributed by atoms with Crippen molar-refractivity contribution in [2.75, 3.05) is 0 Å². The highest BCUT2D eigenvalue weighted by Gasteiger charge is 2.47. The van der Waals surface area contributed by atoms with Crippen LogP contribution in [0.3, 0.4) is 0 Å². The minimum absolute atomic E-state index is 0.0460. The zero-order valence-corrected chi connectivity index (χ0v) is 14.0. The van der Waals surface area contributed by atoms with Crippen molar-refractivity contribution in [1.82, 2.24) is 4.90 Å². The molecule has 3 heterocycles. The van der Waals surface area contributed by atoms with Gasteiger partial charge in [-0.15, -0.1) is 0 Å². The molecule has 1 unspecified atom stereocenters. The topological polar surface area (TPSA) is 20.3 Å². The molecule has 2 nitrogen and oxygen atoms in total. The van der Waals surface area contributed by atoms with Crippen molar-refractivity contribution in [3.8, 4) is 11.8 Å². The van der Waals surface area contributed by atoms with Crippen LogP contribution in [0.5, 0.6) is 0 Å². The molecule has 0 spiro atoms. The van der Waals surface area contributed by atoms with E-state index in [2.05, 4.69) is 11.8 Å². The number of Topliss-reactive ketones (excluding diaryl/α,β-unsaturated/α-hetero) is 1. The summed E-state index contributed by atoms with van der Waals surface area (Å²) in [5, 5.41) is 3.98. The number of carbonyl (C=O) groups is 1. The van der Waals surface area contributed by atoms with Crippen LogP contribution in [0.1, 0.15) is 18.1 Å². The van der Waals surface area contributed by atoms with Crippen molar-refractivity contribution in [1.29, 1.82) is 0 Å². The van der Waals surface area contributed by atoms with E-state index in [-0.39, 0.29) is 5.78 Å². The Morgan fingerprint density at radius 2 is 1.92 bits per heavy atom. The second-order valence-corrected chi connectivity index (χ2v) is 6.68. The maximum atomic E-state index is 13.1. The van der Waals surface area contributed by atoms with Crippen LogP contribution in [0.4, 0.5) is 0 Å². The molecule has 0 N–H and O–H groups in total. The van der Waals surface area contributed by atoms with Crippen LogP contribution < -0.4 is 0 Å². The Hall–Kier alpha value is -2.83. The fourth-order valence-electron chi connectivity index (χ4n) is 3.05. The molecule has 0 amide bonds. The Labute approximate surface area is 145 Å². The van der Waals surface area contributed by atoms with E-state index >= 15 is 0 Å². The number of hydrogen-bond donors (Lipinski definition) is 0. The van der Waals surface area contributed by atoms with E-state index in [1.165, 1.54) is 0 Å². The third-order valence-electron chi connectivity index (χ3n) is 4.33. The molecule has 116 valence electrons. The normalized spacial score (nSPS) is 21.7. The number of carbonyl (C=O) groups excluding carboxylic acids is 1. The average molecular weight is 329 g/mol. The quantitative estimate of drug-likeness (QED) is 0.730. The summed E-state index contributed by atoms with van der Waals surface area (Å²) >= 11 is 1.60. The standard InChI is InChI=1S/C21H15NOS/c1-21-12-5-6-13-22(21)19(17-7-3-2-4-8-17)18(20(21)23)10-9-16-11-14-24-15-16/h2-8,11-15H,1H3. The first-order valence-electron chi connectivity index (χ1n) is 7.74. The SMILES string of the molecule is CC12C=CC=CN1C(c1ccccc1)=C(C#Cc1ccsc1)C2=O. The maximum absolute atomic E-state index is 13.1. The first-order chi connectivity index (χ1) is 11.7. The molecule has 1 atom stereocenters. The van der Waals surface area contributed by atoms with Gasteiger partial charge in [0, 0.05) is 17.1 Å². The van der Waals surface area contributed by atoms with Crippen LogP contribution in [0.25, 0.3) is 5.70 Å². The average Bonchev–Trinajstić information content (AvgIpc) is 3.20. The Balaban J connectivity index is 1.91. The molecule has 0 radical (unpaired) electrons. The van der Waals surface area contributed by atoms with Crippen LogP contribution in [0.15, 0.2) is 77.2 Å². The van der Waals surface area contributed by atoms with E-state index in [0.717, 1.165) is 16.8 Å². The molecular formula is C21H15NOS. The van der Waals surface area contributed by atoms with E-state index < -0.39 is 5.54 Å². The van der Waals surface area contributed by atoms with Crippen molar-refractivity contribution in [2.45, 2.75) is 12.5 Å². The van der Waals surface area contributed by atoms with Gasteiger partial charge < -0.3 is 4.90 Å². The van der Waals surface area contributed by atoms with Crippen LogP contribution >= 0.6 is 11.3 Å². The highest BCUT2D eigenvalue weighted by Crippen LogP contribution is 2.41.